The molecule has 7 aromatic rings. The van der Waals surface area contributed by atoms with Crippen molar-refractivity contribution in [3.05, 3.63) is 136 Å². The summed E-state index contributed by atoms with van der Waals surface area (Å²) in [7, 11) is 0. The molecule has 0 amide bonds. The summed E-state index contributed by atoms with van der Waals surface area (Å²) < 4.78 is 12.3. The van der Waals surface area contributed by atoms with Gasteiger partial charge in [0.05, 0.1) is 13.2 Å². The Bertz CT molecular complexity index is 2770. The molecule has 0 unspecified atom stereocenters. The van der Waals surface area contributed by atoms with E-state index in [9.17, 15) is 14.7 Å². The molecule has 0 radical (unpaired) electrons. The van der Waals surface area contributed by atoms with Gasteiger partial charge in [-0.15, -0.1) is 22.7 Å². The highest BCUT2D eigenvalue weighted by molar-refractivity contribution is 7.25. The lowest BCUT2D eigenvalue weighted by atomic mass is 9.71. The Hall–Kier alpha value is -5.64. The number of aromatic carboxylic acids is 1. The first-order valence-electron chi connectivity index (χ1n) is 26.3. The van der Waals surface area contributed by atoms with E-state index in [2.05, 4.69) is 129 Å². The number of thiophene rings is 2. The quantitative estimate of drug-likeness (QED) is 0.0475. The first-order valence-corrected chi connectivity index (χ1v) is 28.0. The van der Waals surface area contributed by atoms with E-state index in [1.807, 2.05) is 34.8 Å². The fraction of sp³-hybridized carbons (Fsp3) is 0.410. The number of unbranched alkanes of at least 4 members (excludes halogenated alkanes) is 12. The van der Waals surface area contributed by atoms with Gasteiger partial charge in [0.2, 0.25) is 0 Å². The number of aromatic nitrogens is 1. The van der Waals surface area contributed by atoms with Crippen LogP contribution < -0.4 is 19.9 Å². The van der Waals surface area contributed by atoms with Crippen molar-refractivity contribution in [2.45, 2.75) is 149 Å². The number of pyridine rings is 1. The third-order valence-electron chi connectivity index (χ3n) is 14.1. The van der Waals surface area contributed by atoms with E-state index in [-0.39, 0.29) is 11.0 Å². The smallest absolute Gasteiger partial charge is 0.341 e. The lowest BCUT2D eigenvalue weighted by Crippen LogP contribution is -2.25. The number of H-pyrrole nitrogens is 1. The molecule has 1 aliphatic rings. The summed E-state index contributed by atoms with van der Waals surface area (Å²) in [5, 5.41) is 10.3. The molecule has 0 bridgehead atoms. The summed E-state index contributed by atoms with van der Waals surface area (Å²) in [6.45, 7) is 10.5. The minimum absolute atomic E-state index is 0.0787. The van der Waals surface area contributed by atoms with Crippen LogP contribution >= 0.6 is 22.7 Å². The molecule has 7 nitrogen and oxygen atoms in total. The van der Waals surface area contributed by atoms with Crippen LogP contribution in [0.4, 0.5) is 17.1 Å². The molecular weight excluding hydrogens is 905 g/mol. The maximum Gasteiger partial charge on any atom is 0.341 e. The molecule has 3 heterocycles. The second kappa shape index (κ2) is 24.5. The van der Waals surface area contributed by atoms with Crippen LogP contribution in [0.1, 0.15) is 165 Å². The van der Waals surface area contributed by atoms with Crippen LogP contribution in [0.2, 0.25) is 0 Å². The molecule has 0 saturated heterocycles. The zero-order chi connectivity index (χ0) is 48.9. The maximum absolute atomic E-state index is 12.7. The van der Waals surface area contributed by atoms with Gasteiger partial charge in [-0.2, -0.15) is 0 Å². The average Bonchev–Trinajstić information content (AvgIpc) is 4.08. The molecule has 0 fully saturated rings. The normalized spacial score (nSPS) is 12.6. The van der Waals surface area contributed by atoms with Crippen molar-refractivity contribution < 1.29 is 19.4 Å². The van der Waals surface area contributed by atoms with Gasteiger partial charge in [0.15, 0.2) is 0 Å². The number of ether oxygens (including phenoxy) is 2. The Morgan fingerprint density at radius 3 is 1.46 bits per heavy atom. The summed E-state index contributed by atoms with van der Waals surface area (Å²) in [6.07, 6.45) is 21.4. The Morgan fingerprint density at radius 1 is 0.543 bits per heavy atom. The molecule has 4 aromatic carbocycles. The number of carboxylic acid groups (broad SMARTS) is 1. The van der Waals surface area contributed by atoms with Crippen molar-refractivity contribution in [1.29, 1.82) is 0 Å². The highest BCUT2D eigenvalue weighted by atomic mass is 32.1. The Labute approximate surface area is 423 Å². The van der Waals surface area contributed by atoms with Gasteiger partial charge in [0, 0.05) is 47.5 Å². The third kappa shape index (κ3) is 11.7. The molecule has 70 heavy (non-hydrogen) atoms. The van der Waals surface area contributed by atoms with E-state index >= 15 is 0 Å². The van der Waals surface area contributed by atoms with Crippen LogP contribution in [0.5, 0.6) is 11.5 Å². The predicted octanol–water partition coefficient (Wildman–Crippen LogP) is 18.3. The number of carboxylic acids is 1. The number of hydrogen-bond acceptors (Lipinski definition) is 7. The number of nitrogens with one attached hydrogen (secondary N) is 1. The van der Waals surface area contributed by atoms with E-state index in [1.165, 1.54) is 132 Å². The van der Waals surface area contributed by atoms with Crippen molar-refractivity contribution >= 4 is 56.6 Å². The van der Waals surface area contributed by atoms with E-state index < -0.39 is 11.5 Å². The van der Waals surface area contributed by atoms with Gasteiger partial charge in [0.25, 0.3) is 5.56 Å². The number of aromatic amines is 1. The molecule has 1 aliphatic carbocycles. The number of anilines is 3. The van der Waals surface area contributed by atoms with E-state index in [4.69, 9.17) is 9.47 Å². The highest BCUT2D eigenvalue weighted by Gasteiger charge is 2.45. The first-order chi connectivity index (χ1) is 34.3. The number of rotatable bonds is 28. The first kappa shape index (κ1) is 50.7. The predicted molar refractivity (Wildman–Crippen MR) is 296 cm³/mol. The van der Waals surface area contributed by atoms with Gasteiger partial charge in [-0.05, 0) is 138 Å². The van der Waals surface area contributed by atoms with Crippen molar-refractivity contribution in [2.75, 3.05) is 18.1 Å². The summed E-state index contributed by atoms with van der Waals surface area (Å²) in [5.41, 5.74) is 8.14. The summed E-state index contributed by atoms with van der Waals surface area (Å²) >= 11 is 3.78. The topological polar surface area (TPSA) is 91.9 Å². The zero-order valence-corrected chi connectivity index (χ0v) is 43.5. The molecule has 8 rings (SSSR count). The zero-order valence-electron chi connectivity index (χ0n) is 41.9. The molecule has 2 N–H and O–H groups in total. The second-order valence-electron chi connectivity index (χ2n) is 19.2. The van der Waals surface area contributed by atoms with Crippen molar-refractivity contribution in [3.63, 3.8) is 0 Å². The summed E-state index contributed by atoms with van der Waals surface area (Å²) in [6, 6.07) is 38.6. The molecule has 0 spiro atoms. The SMILES string of the molecule is CCCCCCOc1ccc(N(c2ccc(OCCCCCC)cc2)c2ccc(-c3cc4c(s3)-c3sc(-c5ccc6cc(C(=O)O)c(=O)[nH]c6c5)cc3C4(CCCCCC)CCCCCC)cc2)cc1. The van der Waals surface area contributed by atoms with Crippen LogP contribution in [0.3, 0.4) is 0 Å². The number of carbonyl (C=O) groups is 1. The van der Waals surface area contributed by atoms with Crippen LogP contribution in [-0.2, 0) is 5.41 Å². The van der Waals surface area contributed by atoms with Crippen LogP contribution in [0.15, 0.2) is 114 Å². The lowest BCUT2D eigenvalue weighted by Gasteiger charge is -2.31. The van der Waals surface area contributed by atoms with Gasteiger partial charge in [-0.1, -0.05) is 142 Å². The van der Waals surface area contributed by atoms with Gasteiger partial charge in [0.1, 0.15) is 17.1 Å². The van der Waals surface area contributed by atoms with E-state index in [0.717, 1.165) is 73.0 Å². The summed E-state index contributed by atoms with van der Waals surface area (Å²) in [4.78, 5) is 34.9. The van der Waals surface area contributed by atoms with Crippen LogP contribution in [0.25, 0.3) is 41.5 Å². The van der Waals surface area contributed by atoms with Gasteiger partial charge in [-0.25, -0.2) is 4.79 Å². The largest absolute Gasteiger partial charge is 0.494 e. The van der Waals surface area contributed by atoms with Gasteiger partial charge in [-0.3, -0.25) is 4.79 Å². The average molecular weight is 977 g/mol. The molecule has 0 saturated carbocycles. The minimum Gasteiger partial charge on any atom is -0.494 e. The molecule has 0 aliphatic heterocycles. The minimum atomic E-state index is -1.22. The standard InChI is InChI=1S/C61H72N2O5S2/c1-5-9-13-17-35-61(36-18-14-10-6-2)52-41-55(69-57(52)58-53(61)42-56(70-58)45-22-21-44-39-51(60(65)66)59(64)62-54(44)40-45)43-23-25-46(26-24-43)63(47-27-31-49(32-28-47)67-37-19-15-11-7-3)48-29-33-50(34-30-48)68-38-20-16-12-8-4/h21-34,39-42H,5-20,35-38H2,1-4H3,(H,62,64)(H,65,66). The molecule has 9 heteroatoms. The molecule has 0 atom stereocenters. The maximum atomic E-state index is 12.7. The number of benzene rings is 4. The third-order valence-corrected chi connectivity index (χ3v) is 16.6. The molecule has 368 valence electrons. The van der Waals surface area contributed by atoms with Crippen molar-refractivity contribution in [3.8, 4) is 42.1 Å². The van der Waals surface area contributed by atoms with Crippen molar-refractivity contribution in [2.24, 2.45) is 0 Å². The fourth-order valence-electron chi connectivity index (χ4n) is 10.2. The number of fused-ring (bicyclic) bond motifs is 4. The Morgan fingerprint density at radius 2 is 0.986 bits per heavy atom. The summed E-state index contributed by atoms with van der Waals surface area (Å²) in [5.74, 6) is 0.566. The van der Waals surface area contributed by atoms with E-state index in [0.29, 0.717) is 10.9 Å². The fourth-order valence-corrected chi connectivity index (χ4v) is 12.9. The lowest BCUT2D eigenvalue weighted by molar-refractivity contribution is 0.0695. The van der Waals surface area contributed by atoms with Crippen LogP contribution in [-0.4, -0.2) is 29.3 Å². The number of hydrogen-bond donors (Lipinski definition) is 2. The van der Waals surface area contributed by atoms with Crippen molar-refractivity contribution in [1.82, 2.24) is 4.98 Å². The van der Waals surface area contributed by atoms with Gasteiger partial charge < -0.3 is 24.5 Å². The Balaban J connectivity index is 1.13. The Kier molecular flexibility index (Phi) is 17.7. The van der Waals surface area contributed by atoms with Crippen LogP contribution in [0, 0.1) is 0 Å². The van der Waals surface area contributed by atoms with Gasteiger partial charge >= 0.3 is 5.97 Å². The monoisotopic (exact) mass is 976 g/mol. The van der Waals surface area contributed by atoms with E-state index in [1.54, 1.807) is 0 Å². The number of nitrogens with zero attached hydrogens (tertiary/aromatic N) is 1. The molecule has 3 aromatic heterocycles. The highest BCUT2D eigenvalue weighted by Crippen LogP contribution is 2.61. The second-order valence-corrected chi connectivity index (χ2v) is 21.3. The molecular formula is C61H72N2O5S2.